The van der Waals surface area contributed by atoms with E-state index in [1.807, 2.05) is 36.4 Å². The molecule has 4 rings (SSSR count). The summed E-state index contributed by atoms with van der Waals surface area (Å²) in [5.74, 6) is 1.15. The lowest BCUT2D eigenvalue weighted by Crippen LogP contribution is -2.04. The maximum atomic E-state index is 12.7. The number of benzene rings is 2. The number of para-hydroxylation sites is 1. The number of aromatic nitrogens is 3. The maximum Gasteiger partial charge on any atom is 0.416 e. The summed E-state index contributed by atoms with van der Waals surface area (Å²) >= 11 is 0. The standard InChI is InChI=1S/C20H15F3N4O/c1-28-17-5-3-2-4-16(17)13-10-11-27-18(12-13)25-26-19(27)24-15-8-6-14(7-9-15)20(21,22)23/h2-12H,1H3,(H,24,26). The molecule has 5 nitrogen and oxygen atoms in total. The second-order valence-electron chi connectivity index (χ2n) is 6.07. The highest BCUT2D eigenvalue weighted by molar-refractivity contribution is 5.73. The number of pyridine rings is 1. The molecule has 4 aromatic rings. The molecule has 0 aliphatic carbocycles. The van der Waals surface area contributed by atoms with E-state index >= 15 is 0 Å². The quantitative estimate of drug-likeness (QED) is 0.528. The number of rotatable bonds is 4. The zero-order valence-electron chi connectivity index (χ0n) is 14.7. The van der Waals surface area contributed by atoms with Crippen molar-refractivity contribution in [3.05, 3.63) is 72.4 Å². The van der Waals surface area contributed by atoms with Crippen LogP contribution >= 0.6 is 0 Å². The Labute approximate surface area is 158 Å². The Balaban J connectivity index is 1.63. The van der Waals surface area contributed by atoms with E-state index in [-0.39, 0.29) is 0 Å². The first kappa shape index (κ1) is 17.8. The van der Waals surface area contributed by atoms with Crippen LogP contribution in [0, 0.1) is 0 Å². The number of halogens is 3. The Morgan fingerprint density at radius 1 is 0.964 bits per heavy atom. The molecule has 0 unspecified atom stereocenters. The highest BCUT2D eigenvalue weighted by Gasteiger charge is 2.29. The Bertz CT molecular complexity index is 1120. The van der Waals surface area contributed by atoms with Gasteiger partial charge in [0.1, 0.15) is 5.75 Å². The van der Waals surface area contributed by atoms with Crippen molar-refractivity contribution in [1.82, 2.24) is 14.6 Å². The van der Waals surface area contributed by atoms with Crippen molar-refractivity contribution in [2.45, 2.75) is 6.18 Å². The van der Waals surface area contributed by atoms with E-state index in [4.69, 9.17) is 4.74 Å². The molecule has 0 aliphatic rings. The normalized spacial score (nSPS) is 11.6. The van der Waals surface area contributed by atoms with Gasteiger partial charge in [-0.05, 0) is 48.0 Å². The van der Waals surface area contributed by atoms with Gasteiger partial charge in [0.2, 0.25) is 5.95 Å². The van der Waals surface area contributed by atoms with Crippen LogP contribution in [0.5, 0.6) is 5.75 Å². The summed E-state index contributed by atoms with van der Waals surface area (Å²) in [6.07, 6.45) is -2.57. The molecule has 0 bridgehead atoms. The molecule has 0 atom stereocenters. The fourth-order valence-electron chi connectivity index (χ4n) is 2.90. The number of alkyl halides is 3. The lowest BCUT2D eigenvalue weighted by Gasteiger charge is -2.10. The second-order valence-corrected chi connectivity index (χ2v) is 6.07. The summed E-state index contributed by atoms with van der Waals surface area (Å²) in [6.45, 7) is 0. The molecule has 0 spiro atoms. The Kier molecular flexibility index (Phi) is 4.38. The van der Waals surface area contributed by atoms with Gasteiger partial charge in [0.05, 0.1) is 12.7 Å². The number of fused-ring (bicyclic) bond motifs is 1. The van der Waals surface area contributed by atoms with E-state index in [1.54, 1.807) is 17.7 Å². The van der Waals surface area contributed by atoms with Gasteiger partial charge in [0, 0.05) is 17.4 Å². The zero-order valence-corrected chi connectivity index (χ0v) is 14.7. The van der Waals surface area contributed by atoms with E-state index in [1.165, 1.54) is 12.1 Å². The summed E-state index contributed by atoms with van der Waals surface area (Å²) < 4.78 is 45.2. The summed E-state index contributed by atoms with van der Waals surface area (Å²) in [6, 6.07) is 16.1. The molecule has 142 valence electrons. The van der Waals surface area contributed by atoms with Crippen molar-refractivity contribution in [1.29, 1.82) is 0 Å². The van der Waals surface area contributed by atoms with Gasteiger partial charge in [-0.1, -0.05) is 18.2 Å². The molecule has 0 aliphatic heterocycles. The van der Waals surface area contributed by atoms with Crippen molar-refractivity contribution in [3.63, 3.8) is 0 Å². The van der Waals surface area contributed by atoms with Gasteiger partial charge in [0.25, 0.3) is 0 Å². The molecule has 0 saturated carbocycles. The van der Waals surface area contributed by atoms with Gasteiger partial charge < -0.3 is 10.1 Å². The summed E-state index contributed by atoms with van der Waals surface area (Å²) in [4.78, 5) is 0. The lowest BCUT2D eigenvalue weighted by atomic mass is 10.1. The molecule has 0 radical (unpaired) electrons. The number of ether oxygens (including phenoxy) is 1. The van der Waals surface area contributed by atoms with E-state index in [9.17, 15) is 13.2 Å². The summed E-state index contributed by atoms with van der Waals surface area (Å²) in [5, 5.41) is 11.2. The van der Waals surface area contributed by atoms with Gasteiger partial charge in [-0.2, -0.15) is 13.2 Å². The highest BCUT2D eigenvalue weighted by atomic mass is 19.4. The van der Waals surface area contributed by atoms with Crippen LogP contribution in [-0.4, -0.2) is 21.7 Å². The van der Waals surface area contributed by atoms with Crippen LogP contribution in [-0.2, 0) is 6.18 Å². The van der Waals surface area contributed by atoms with Crippen LogP contribution in [0.4, 0.5) is 24.8 Å². The van der Waals surface area contributed by atoms with Crippen LogP contribution in [0.25, 0.3) is 16.8 Å². The van der Waals surface area contributed by atoms with Crippen molar-refractivity contribution < 1.29 is 17.9 Å². The fraction of sp³-hybridized carbons (Fsp3) is 0.100. The minimum Gasteiger partial charge on any atom is -0.496 e. The molecule has 2 aromatic carbocycles. The molecule has 0 fully saturated rings. The molecular formula is C20H15F3N4O. The Hall–Kier alpha value is -3.55. The van der Waals surface area contributed by atoms with Gasteiger partial charge in [-0.3, -0.25) is 4.40 Å². The van der Waals surface area contributed by atoms with E-state index in [0.717, 1.165) is 29.0 Å². The average molecular weight is 384 g/mol. The van der Waals surface area contributed by atoms with Crippen molar-refractivity contribution in [2.24, 2.45) is 0 Å². The third-order valence-electron chi connectivity index (χ3n) is 4.30. The van der Waals surface area contributed by atoms with Crippen LogP contribution in [0.2, 0.25) is 0 Å². The maximum absolute atomic E-state index is 12.7. The first-order valence-electron chi connectivity index (χ1n) is 8.38. The summed E-state index contributed by atoms with van der Waals surface area (Å²) in [5.41, 5.74) is 2.21. The van der Waals surface area contributed by atoms with Gasteiger partial charge in [0.15, 0.2) is 5.65 Å². The number of anilines is 2. The third-order valence-corrected chi connectivity index (χ3v) is 4.30. The Morgan fingerprint density at radius 2 is 1.71 bits per heavy atom. The molecule has 0 saturated heterocycles. The van der Waals surface area contributed by atoms with E-state index in [0.29, 0.717) is 17.3 Å². The van der Waals surface area contributed by atoms with Gasteiger partial charge >= 0.3 is 6.18 Å². The fourth-order valence-corrected chi connectivity index (χ4v) is 2.90. The van der Waals surface area contributed by atoms with Crippen LogP contribution < -0.4 is 10.1 Å². The molecule has 2 aromatic heterocycles. The zero-order chi connectivity index (χ0) is 19.7. The topological polar surface area (TPSA) is 51.5 Å². The molecule has 1 N–H and O–H groups in total. The molecule has 8 heteroatoms. The number of hydrogen-bond donors (Lipinski definition) is 1. The Morgan fingerprint density at radius 3 is 2.43 bits per heavy atom. The molecule has 28 heavy (non-hydrogen) atoms. The minimum atomic E-state index is -4.37. The molecule has 0 amide bonds. The molecular weight excluding hydrogens is 369 g/mol. The monoisotopic (exact) mass is 384 g/mol. The highest BCUT2D eigenvalue weighted by Crippen LogP contribution is 2.32. The van der Waals surface area contributed by atoms with Gasteiger partial charge in [-0.25, -0.2) is 0 Å². The largest absolute Gasteiger partial charge is 0.496 e. The third kappa shape index (κ3) is 3.36. The first-order valence-corrected chi connectivity index (χ1v) is 8.38. The lowest BCUT2D eigenvalue weighted by molar-refractivity contribution is -0.137. The molecule has 2 heterocycles. The van der Waals surface area contributed by atoms with Crippen LogP contribution in [0.3, 0.4) is 0 Å². The second kappa shape index (κ2) is 6.88. The average Bonchev–Trinajstić information content (AvgIpc) is 3.09. The minimum absolute atomic E-state index is 0.404. The van der Waals surface area contributed by atoms with Crippen molar-refractivity contribution in [3.8, 4) is 16.9 Å². The number of hydrogen-bond acceptors (Lipinski definition) is 4. The van der Waals surface area contributed by atoms with Crippen molar-refractivity contribution >= 4 is 17.3 Å². The summed E-state index contributed by atoms with van der Waals surface area (Å²) in [7, 11) is 1.61. The van der Waals surface area contributed by atoms with E-state index in [2.05, 4.69) is 15.5 Å². The smallest absolute Gasteiger partial charge is 0.416 e. The number of nitrogens with zero attached hydrogens (tertiary/aromatic N) is 3. The van der Waals surface area contributed by atoms with Crippen molar-refractivity contribution in [2.75, 3.05) is 12.4 Å². The number of methoxy groups -OCH3 is 1. The number of nitrogens with one attached hydrogen (secondary N) is 1. The SMILES string of the molecule is COc1ccccc1-c1ccn2c(Nc3ccc(C(F)(F)F)cc3)nnc2c1. The first-order chi connectivity index (χ1) is 13.5. The predicted molar refractivity (Wildman–Crippen MR) is 99.7 cm³/mol. The van der Waals surface area contributed by atoms with Crippen LogP contribution in [0.1, 0.15) is 5.56 Å². The van der Waals surface area contributed by atoms with Gasteiger partial charge in [-0.15, -0.1) is 10.2 Å². The van der Waals surface area contributed by atoms with Crippen LogP contribution in [0.15, 0.2) is 66.9 Å². The van der Waals surface area contributed by atoms with E-state index < -0.39 is 11.7 Å². The predicted octanol–water partition coefficient (Wildman–Crippen LogP) is 5.17.